The molecule has 1 fully saturated rings. The summed E-state index contributed by atoms with van der Waals surface area (Å²) in [6, 6.07) is 18.3. The number of benzene rings is 4. The highest BCUT2D eigenvalue weighted by atomic mass is 35.5. The minimum Gasteiger partial charge on any atom is -0.508 e. The zero-order valence-electron chi connectivity index (χ0n) is 28.4. The molecule has 0 saturated carbocycles. The molecule has 1 heterocycles. The molecular weight excluding hydrogens is 734 g/mol. The molecule has 0 aliphatic carbocycles. The van der Waals surface area contributed by atoms with Gasteiger partial charge in [0.25, 0.3) is 11.8 Å². The number of phenolic OH excluding ortho intramolecular Hbond substituents is 1. The van der Waals surface area contributed by atoms with E-state index in [9.17, 15) is 14.7 Å². The maximum atomic E-state index is 14.0. The highest BCUT2D eigenvalue weighted by Crippen LogP contribution is 2.38. The van der Waals surface area contributed by atoms with Crippen LogP contribution in [-0.2, 0) is 16.0 Å². The van der Waals surface area contributed by atoms with Crippen molar-refractivity contribution in [3.63, 3.8) is 0 Å². The fourth-order valence-electron chi connectivity index (χ4n) is 5.17. The van der Waals surface area contributed by atoms with Gasteiger partial charge in [-0.1, -0.05) is 59.7 Å². The molecule has 14 heteroatoms. The Labute approximate surface area is 316 Å². The Kier molecular flexibility index (Phi) is 12.4. The lowest BCUT2D eigenvalue weighted by molar-refractivity contribution is -0.118. The third-order valence-electron chi connectivity index (χ3n) is 8.06. The quantitative estimate of drug-likeness (QED) is 0.132. The maximum Gasteiger partial charge on any atom is 0.299 e. The Morgan fingerprint density at radius 1 is 0.941 bits per heavy atom. The number of amides is 2. The summed E-state index contributed by atoms with van der Waals surface area (Å²) in [6.07, 6.45) is 2.60. The molecule has 0 bridgehead atoms. The molecule has 0 atom stereocenters. The number of hydrogen-bond donors (Lipinski definition) is 3. The number of phenols is 1. The number of ether oxygens (including phenoxy) is 1. The normalized spacial score (nSPS) is 14.3. The Bertz CT molecular complexity index is 2010. The van der Waals surface area contributed by atoms with Gasteiger partial charge >= 0.3 is 0 Å². The number of nitrogens with one attached hydrogen (secondary N) is 2. The fraction of sp³-hybridized carbons (Fsp3) is 0.243. The van der Waals surface area contributed by atoms with Crippen LogP contribution in [0.5, 0.6) is 11.5 Å². The molecule has 4 aromatic carbocycles. The van der Waals surface area contributed by atoms with Gasteiger partial charge in [0.1, 0.15) is 17.2 Å². The average molecular weight is 771 g/mol. The molecule has 1 aliphatic rings. The fourth-order valence-corrected chi connectivity index (χ4v) is 6.31. The first-order chi connectivity index (χ1) is 24.4. The van der Waals surface area contributed by atoms with E-state index in [4.69, 9.17) is 56.1 Å². The van der Waals surface area contributed by atoms with E-state index in [0.717, 1.165) is 41.2 Å². The molecule has 1 aliphatic heterocycles. The SMILES string of the molecule is CCCCc1cc(OCC(=O)Nc2ccc(Cl)c(N=C3NN(c4c(Cl)cc(Cl)cc4Cl)C(=O)C3=Nc3ccc(N(C)CC)cc3C)c2)ccc1O. The highest BCUT2D eigenvalue weighted by Gasteiger charge is 2.37. The average Bonchev–Trinajstić information content (AvgIpc) is 3.38. The van der Waals surface area contributed by atoms with Crippen molar-refractivity contribution in [2.75, 3.05) is 35.4 Å². The van der Waals surface area contributed by atoms with E-state index < -0.39 is 11.8 Å². The molecule has 4 aromatic rings. The summed E-state index contributed by atoms with van der Waals surface area (Å²) in [6.45, 7) is 6.57. The zero-order valence-corrected chi connectivity index (χ0v) is 31.4. The van der Waals surface area contributed by atoms with E-state index in [1.54, 1.807) is 36.4 Å². The summed E-state index contributed by atoms with van der Waals surface area (Å²) in [4.78, 5) is 38.4. The number of aryl methyl sites for hydroxylation is 2. The summed E-state index contributed by atoms with van der Waals surface area (Å²) >= 11 is 25.7. The van der Waals surface area contributed by atoms with E-state index in [1.165, 1.54) is 12.1 Å². The molecule has 0 unspecified atom stereocenters. The molecule has 0 radical (unpaired) electrons. The first-order valence-corrected chi connectivity index (χ1v) is 17.7. The Hall–Kier alpha value is -4.48. The van der Waals surface area contributed by atoms with Gasteiger partial charge in [0.05, 0.1) is 26.4 Å². The summed E-state index contributed by atoms with van der Waals surface area (Å²) in [7, 11) is 1.99. The molecule has 51 heavy (non-hydrogen) atoms. The van der Waals surface area contributed by atoms with E-state index in [-0.39, 0.29) is 50.3 Å². The van der Waals surface area contributed by atoms with Crippen molar-refractivity contribution < 1.29 is 19.4 Å². The van der Waals surface area contributed by atoms with Crippen LogP contribution >= 0.6 is 46.4 Å². The molecule has 1 saturated heterocycles. The van der Waals surface area contributed by atoms with Crippen LogP contribution in [0.3, 0.4) is 0 Å². The van der Waals surface area contributed by atoms with E-state index in [1.807, 2.05) is 32.2 Å². The zero-order chi connectivity index (χ0) is 36.8. The second-order valence-corrected chi connectivity index (χ2v) is 13.4. The van der Waals surface area contributed by atoms with Crippen LogP contribution in [0.2, 0.25) is 20.1 Å². The van der Waals surface area contributed by atoms with Crippen molar-refractivity contribution in [2.24, 2.45) is 9.98 Å². The van der Waals surface area contributed by atoms with Gasteiger partial charge in [-0.15, -0.1) is 0 Å². The third kappa shape index (κ3) is 9.07. The standard InChI is InChI=1S/C37H36Cl4N6O4/c1-5-7-8-22-16-26(11-14-32(22)48)51-20-33(49)42-24-9-12-27(39)31(19-24)44-36-34(43-30-13-10-25(15-21(30)3)46(4)6-2)37(50)47(45-36)35-28(40)17-23(38)18-29(35)41/h9-19,48H,5-8,20H2,1-4H3,(H,42,49)(H,44,45). The van der Waals surface area contributed by atoms with Crippen molar-refractivity contribution in [3.05, 3.63) is 97.9 Å². The Morgan fingerprint density at radius 2 is 1.69 bits per heavy atom. The van der Waals surface area contributed by atoms with Crippen LogP contribution < -0.4 is 25.4 Å². The molecule has 10 nitrogen and oxygen atoms in total. The predicted molar refractivity (Wildman–Crippen MR) is 209 cm³/mol. The maximum absolute atomic E-state index is 14.0. The van der Waals surface area contributed by atoms with Gasteiger partial charge in [0.2, 0.25) is 0 Å². The second-order valence-electron chi connectivity index (χ2n) is 11.8. The van der Waals surface area contributed by atoms with Crippen LogP contribution in [0.25, 0.3) is 0 Å². The van der Waals surface area contributed by atoms with Crippen molar-refractivity contribution >= 4 is 98.2 Å². The minimum absolute atomic E-state index is 0.0251. The Morgan fingerprint density at radius 3 is 2.37 bits per heavy atom. The van der Waals surface area contributed by atoms with Crippen molar-refractivity contribution in [2.45, 2.75) is 40.0 Å². The topological polar surface area (TPSA) is 119 Å². The van der Waals surface area contributed by atoms with E-state index in [2.05, 4.69) is 34.5 Å². The Balaban J connectivity index is 1.44. The molecular formula is C37H36Cl4N6O4. The van der Waals surface area contributed by atoms with Crippen LogP contribution in [-0.4, -0.2) is 48.7 Å². The number of rotatable bonds is 12. The number of halogens is 4. The van der Waals surface area contributed by atoms with Crippen molar-refractivity contribution in [1.82, 2.24) is 5.43 Å². The number of carbonyl (C=O) groups excluding carboxylic acids is 2. The van der Waals surface area contributed by atoms with Crippen LogP contribution in [0.1, 0.15) is 37.8 Å². The van der Waals surface area contributed by atoms with Gasteiger partial charge in [-0.2, -0.15) is 0 Å². The molecule has 0 spiro atoms. The number of anilines is 3. The number of aliphatic imine (C=N–C) groups is 2. The smallest absolute Gasteiger partial charge is 0.299 e. The molecule has 0 aromatic heterocycles. The lowest BCUT2D eigenvalue weighted by Crippen LogP contribution is -2.36. The monoisotopic (exact) mass is 768 g/mol. The number of carbonyl (C=O) groups is 2. The van der Waals surface area contributed by atoms with Gasteiger partial charge in [-0.05, 0) is 105 Å². The lowest BCUT2D eigenvalue weighted by atomic mass is 10.1. The van der Waals surface area contributed by atoms with Gasteiger partial charge in [0.15, 0.2) is 18.2 Å². The number of unbranched alkanes of at least 4 members (excludes halogenated alkanes) is 1. The van der Waals surface area contributed by atoms with Gasteiger partial charge < -0.3 is 20.1 Å². The van der Waals surface area contributed by atoms with E-state index in [0.29, 0.717) is 28.6 Å². The van der Waals surface area contributed by atoms with Crippen molar-refractivity contribution in [3.8, 4) is 11.5 Å². The van der Waals surface area contributed by atoms with Crippen LogP contribution in [0.15, 0.2) is 76.7 Å². The highest BCUT2D eigenvalue weighted by molar-refractivity contribution is 6.73. The summed E-state index contributed by atoms with van der Waals surface area (Å²) in [5, 5.41) is 14.9. The molecule has 266 valence electrons. The number of amidine groups is 1. The van der Waals surface area contributed by atoms with Gasteiger partial charge in [-0.3, -0.25) is 15.0 Å². The molecule has 3 N–H and O–H groups in total. The first kappa shape index (κ1) is 37.8. The summed E-state index contributed by atoms with van der Waals surface area (Å²) < 4.78 is 5.70. The lowest BCUT2D eigenvalue weighted by Gasteiger charge is -2.18. The number of hydrazine groups is 1. The molecule has 5 rings (SSSR count). The summed E-state index contributed by atoms with van der Waals surface area (Å²) in [5.41, 5.74) is 6.89. The minimum atomic E-state index is -0.571. The van der Waals surface area contributed by atoms with Gasteiger partial charge in [-0.25, -0.2) is 15.0 Å². The number of hydrogen-bond acceptors (Lipinski definition) is 7. The second kappa shape index (κ2) is 16.7. The van der Waals surface area contributed by atoms with Crippen LogP contribution in [0.4, 0.5) is 28.4 Å². The van der Waals surface area contributed by atoms with Gasteiger partial charge in [0, 0.05) is 30.0 Å². The first-order valence-electron chi connectivity index (χ1n) is 16.2. The molecule has 2 amide bonds. The summed E-state index contributed by atoms with van der Waals surface area (Å²) in [5.74, 6) is -0.275. The van der Waals surface area contributed by atoms with E-state index >= 15 is 0 Å². The van der Waals surface area contributed by atoms with Crippen molar-refractivity contribution in [1.29, 1.82) is 0 Å². The predicted octanol–water partition coefficient (Wildman–Crippen LogP) is 9.48. The largest absolute Gasteiger partial charge is 0.508 e. The van der Waals surface area contributed by atoms with Crippen LogP contribution in [0, 0.1) is 6.92 Å². The third-order valence-corrected chi connectivity index (χ3v) is 9.18. The number of aromatic hydroxyl groups is 1. The number of nitrogens with zero attached hydrogens (tertiary/aromatic N) is 4.